The minimum atomic E-state index is -0.804. The number of allylic oxidation sites excluding steroid dienone is 2. The Morgan fingerprint density at radius 2 is 1.27 bits per heavy atom. The first-order chi connectivity index (χ1) is 20.1. The molecule has 2 unspecified atom stereocenters. The number of benzene rings is 1. The monoisotopic (exact) mass is 570 g/mol. The molecule has 3 aliphatic carbocycles. The van der Waals surface area contributed by atoms with E-state index in [1.54, 1.807) is 12.1 Å². The van der Waals surface area contributed by atoms with E-state index in [1.165, 1.54) is 83.5 Å². The van der Waals surface area contributed by atoms with Gasteiger partial charge in [0.15, 0.2) is 11.6 Å². The highest BCUT2D eigenvalue weighted by atomic mass is 19.2. The molecule has 2 atom stereocenters. The van der Waals surface area contributed by atoms with Crippen LogP contribution in [0.5, 0.6) is 5.75 Å². The van der Waals surface area contributed by atoms with Crippen molar-refractivity contribution in [3.05, 3.63) is 41.5 Å². The summed E-state index contributed by atoms with van der Waals surface area (Å²) in [6.45, 7) is 5.49. The van der Waals surface area contributed by atoms with Crippen LogP contribution < -0.4 is 4.74 Å². The second-order valence-corrected chi connectivity index (χ2v) is 14.0. The molecule has 0 radical (unpaired) electrons. The Morgan fingerprint density at radius 1 is 0.732 bits per heavy atom. The number of rotatable bonds is 10. The van der Waals surface area contributed by atoms with Crippen molar-refractivity contribution in [2.75, 3.05) is 13.2 Å². The molecular formula is C37H56F2O2. The number of hydrogen-bond acceptors (Lipinski definition) is 2. The van der Waals surface area contributed by atoms with Crippen LogP contribution in [0.1, 0.15) is 134 Å². The molecule has 1 aromatic rings. The van der Waals surface area contributed by atoms with Crippen molar-refractivity contribution in [1.29, 1.82) is 0 Å². The lowest BCUT2D eigenvalue weighted by Gasteiger charge is -2.43. The molecule has 0 bridgehead atoms. The first kappa shape index (κ1) is 31.0. The topological polar surface area (TPSA) is 18.5 Å². The van der Waals surface area contributed by atoms with E-state index in [4.69, 9.17) is 9.47 Å². The zero-order valence-corrected chi connectivity index (χ0v) is 25.9. The van der Waals surface area contributed by atoms with Crippen LogP contribution in [0.2, 0.25) is 0 Å². The summed E-state index contributed by atoms with van der Waals surface area (Å²) in [5, 5.41) is 0. The third kappa shape index (κ3) is 7.95. The van der Waals surface area contributed by atoms with E-state index in [1.807, 2.05) is 6.92 Å². The Hall–Kier alpha value is -1.42. The maximum absolute atomic E-state index is 14.9. The van der Waals surface area contributed by atoms with E-state index in [0.717, 1.165) is 67.8 Å². The van der Waals surface area contributed by atoms with Gasteiger partial charge in [-0.05, 0) is 169 Å². The molecule has 1 heterocycles. The highest BCUT2D eigenvalue weighted by Crippen LogP contribution is 2.48. The average molecular weight is 571 g/mol. The lowest BCUT2D eigenvalue weighted by atomic mass is 9.64. The van der Waals surface area contributed by atoms with Crippen LogP contribution in [0.15, 0.2) is 24.3 Å². The van der Waals surface area contributed by atoms with Gasteiger partial charge in [-0.3, -0.25) is 0 Å². The molecule has 41 heavy (non-hydrogen) atoms. The molecule has 0 N–H and O–H groups in total. The molecule has 3 saturated carbocycles. The Morgan fingerprint density at radius 3 is 1.78 bits per heavy atom. The van der Waals surface area contributed by atoms with Crippen LogP contribution in [-0.4, -0.2) is 19.3 Å². The van der Waals surface area contributed by atoms with E-state index < -0.39 is 11.6 Å². The molecule has 2 nitrogen and oxygen atoms in total. The summed E-state index contributed by atoms with van der Waals surface area (Å²) in [5.74, 6) is 3.91. The second kappa shape index (κ2) is 15.3. The van der Waals surface area contributed by atoms with Gasteiger partial charge in [0.25, 0.3) is 0 Å². The van der Waals surface area contributed by atoms with Crippen molar-refractivity contribution < 1.29 is 18.3 Å². The van der Waals surface area contributed by atoms with Crippen LogP contribution in [0, 0.1) is 47.1 Å². The van der Waals surface area contributed by atoms with Crippen LogP contribution in [0.4, 0.5) is 8.78 Å². The summed E-state index contributed by atoms with van der Waals surface area (Å²) < 4.78 is 41.1. The molecular weight excluding hydrogens is 514 g/mol. The number of ether oxygens (including phenoxy) is 2. The first-order valence-electron chi connectivity index (χ1n) is 17.4. The number of halogens is 2. The summed E-state index contributed by atoms with van der Waals surface area (Å²) in [5.41, 5.74) is 0.563. The predicted octanol–water partition coefficient (Wildman–Crippen LogP) is 10.8. The van der Waals surface area contributed by atoms with Crippen molar-refractivity contribution >= 4 is 0 Å². The zero-order chi connectivity index (χ0) is 28.6. The van der Waals surface area contributed by atoms with Crippen molar-refractivity contribution in [2.24, 2.45) is 35.5 Å². The van der Waals surface area contributed by atoms with Gasteiger partial charge >= 0.3 is 0 Å². The molecule has 0 spiro atoms. The van der Waals surface area contributed by atoms with Gasteiger partial charge in [-0.1, -0.05) is 25.1 Å². The minimum absolute atomic E-state index is 0.0550. The van der Waals surface area contributed by atoms with Gasteiger partial charge in [0.05, 0.1) is 19.3 Å². The Balaban J connectivity index is 1.00. The Labute approximate surface area is 249 Å². The Bertz CT molecular complexity index is 944. The normalized spacial score (nSPS) is 35.0. The highest BCUT2D eigenvalue weighted by molar-refractivity contribution is 5.33. The smallest absolute Gasteiger partial charge is 0.200 e. The molecule has 4 fully saturated rings. The molecule has 0 amide bonds. The van der Waals surface area contributed by atoms with Gasteiger partial charge in [-0.15, -0.1) is 0 Å². The summed E-state index contributed by atoms with van der Waals surface area (Å²) >= 11 is 0. The predicted molar refractivity (Wildman–Crippen MR) is 164 cm³/mol. The lowest BCUT2D eigenvalue weighted by Crippen LogP contribution is -2.34. The van der Waals surface area contributed by atoms with Crippen molar-refractivity contribution in [1.82, 2.24) is 0 Å². The molecule has 0 aromatic heterocycles. The SMILES string of the molecule is C/C=C/CCC1CCC(C2CCC(C3CCC(C4CCC(c5ccc(OCCC)c(F)c5F)CC4)CC3)CC2)CO1. The summed E-state index contributed by atoms with van der Waals surface area (Å²) in [4.78, 5) is 0. The van der Waals surface area contributed by atoms with Crippen LogP contribution in [0.3, 0.4) is 0 Å². The third-order valence-corrected chi connectivity index (χ3v) is 11.7. The summed E-state index contributed by atoms with van der Waals surface area (Å²) in [7, 11) is 0. The molecule has 5 rings (SSSR count). The fourth-order valence-electron chi connectivity index (χ4n) is 9.14. The maximum atomic E-state index is 14.9. The van der Waals surface area contributed by atoms with Crippen LogP contribution in [0.25, 0.3) is 0 Å². The van der Waals surface area contributed by atoms with Gasteiger partial charge in [0.2, 0.25) is 5.82 Å². The second-order valence-electron chi connectivity index (χ2n) is 14.0. The van der Waals surface area contributed by atoms with Gasteiger partial charge in [-0.25, -0.2) is 4.39 Å². The van der Waals surface area contributed by atoms with Gasteiger partial charge in [0, 0.05) is 0 Å². The van der Waals surface area contributed by atoms with Crippen molar-refractivity contribution in [3.8, 4) is 5.75 Å². The average Bonchev–Trinajstić information content (AvgIpc) is 3.03. The molecule has 1 aromatic carbocycles. The highest BCUT2D eigenvalue weighted by Gasteiger charge is 2.37. The minimum Gasteiger partial charge on any atom is -0.490 e. The van der Waals surface area contributed by atoms with Crippen LogP contribution >= 0.6 is 0 Å². The molecule has 1 aliphatic heterocycles. The lowest BCUT2D eigenvalue weighted by molar-refractivity contribution is -0.0432. The van der Waals surface area contributed by atoms with Crippen molar-refractivity contribution in [3.63, 3.8) is 0 Å². The van der Waals surface area contributed by atoms with Gasteiger partial charge in [0.1, 0.15) is 0 Å². The van der Waals surface area contributed by atoms with Gasteiger partial charge in [-0.2, -0.15) is 4.39 Å². The molecule has 4 heteroatoms. The third-order valence-electron chi connectivity index (χ3n) is 11.7. The van der Waals surface area contributed by atoms with Gasteiger partial charge < -0.3 is 9.47 Å². The van der Waals surface area contributed by atoms with E-state index in [9.17, 15) is 8.78 Å². The summed E-state index contributed by atoms with van der Waals surface area (Å²) in [6.07, 6.45) is 26.3. The maximum Gasteiger partial charge on any atom is 0.200 e. The number of hydrogen-bond donors (Lipinski definition) is 0. The quantitative estimate of drug-likeness (QED) is 0.261. The van der Waals surface area contributed by atoms with Crippen LogP contribution in [-0.2, 0) is 4.74 Å². The molecule has 4 aliphatic rings. The zero-order valence-electron chi connectivity index (χ0n) is 25.9. The molecule has 230 valence electrons. The first-order valence-corrected chi connectivity index (χ1v) is 17.4. The summed E-state index contributed by atoms with van der Waals surface area (Å²) in [6, 6.07) is 3.41. The van der Waals surface area contributed by atoms with Crippen molar-refractivity contribution in [2.45, 2.75) is 135 Å². The van der Waals surface area contributed by atoms with E-state index in [2.05, 4.69) is 19.1 Å². The van der Waals surface area contributed by atoms with E-state index in [-0.39, 0.29) is 11.7 Å². The fraction of sp³-hybridized carbons (Fsp3) is 0.784. The largest absolute Gasteiger partial charge is 0.490 e. The fourth-order valence-corrected chi connectivity index (χ4v) is 9.14. The standard InChI is InChI=1S/C37H56F2O2/c1-3-5-6-7-33-21-20-32(25-41-33)30-14-12-28(13-15-30)26-8-10-27(11-9-26)29-16-18-31(19-17-29)34-22-23-35(40-24-4-2)37(39)36(34)38/h3,5,22-23,26-33H,4,6-21,24-25H2,1-2H3/b5-3+. The molecule has 1 saturated heterocycles. The van der Waals surface area contributed by atoms with E-state index in [0.29, 0.717) is 18.3 Å². The Kier molecular flexibility index (Phi) is 11.6. The van der Waals surface area contributed by atoms with E-state index >= 15 is 0 Å².